The molecule has 1 aromatic heterocycles. The molecule has 1 atom stereocenters. The molecule has 29 heavy (non-hydrogen) atoms. The lowest BCUT2D eigenvalue weighted by Gasteiger charge is -2.29. The van der Waals surface area contributed by atoms with Crippen LogP contribution in [-0.2, 0) is 22.6 Å². The molecule has 5 rings (SSSR count). The Morgan fingerprint density at radius 2 is 1.93 bits per heavy atom. The zero-order chi connectivity index (χ0) is 20.0. The van der Waals surface area contributed by atoms with Crippen LogP contribution in [0.25, 0.3) is 10.9 Å². The molecule has 3 heterocycles. The Hall–Kier alpha value is -3.28. The average molecular weight is 389 g/mol. The summed E-state index contributed by atoms with van der Waals surface area (Å²) >= 11 is 0. The highest BCUT2D eigenvalue weighted by molar-refractivity contribution is 6.01. The zero-order valence-corrected chi connectivity index (χ0v) is 16.4. The van der Waals surface area contributed by atoms with Crippen molar-refractivity contribution in [2.75, 3.05) is 25.1 Å². The van der Waals surface area contributed by atoms with Gasteiger partial charge in [0.2, 0.25) is 11.8 Å². The maximum absolute atomic E-state index is 13.3. The number of rotatable bonds is 3. The van der Waals surface area contributed by atoms with Gasteiger partial charge in [0.25, 0.3) is 0 Å². The third kappa shape index (κ3) is 2.95. The first-order valence-corrected chi connectivity index (χ1v) is 9.96. The maximum Gasteiger partial charge on any atom is 0.228 e. The van der Waals surface area contributed by atoms with E-state index in [1.54, 1.807) is 12.0 Å². The van der Waals surface area contributed by atoms with Gasteiger partial charge in [0.15, 0.2) is 0 Å². The monoisotopic (exact) mass is 389 g/mol. The van der Waals surface area contributed by atoms with Crippen LogP contribution in [0.2, 0.25) is 0 Å². The quantitative estimate of drug-likeness (QED) is 0.749. The molecule has 0 bridgehead atoms. The molecule has 6 nitrogen and oxygen atoms in total. The summed E-state index contributed by atoms with van der Waals surface area (Å²) in [7, 11) is 1.59. The number of benzene rings is 2. The van der Waals surface area contributed by atoms with Gasteiger partial charge in [-0.15, -0.1) is 0 Å². The van der Waals surface area contributed by atoms with Crippen molar-refractivity contribution in [2.45, 2.75) is 19.4 Å². The molecular formula is C23H23N3O3. The Labute approximate surface area is 169 Å². The van der Waals surface area contributed by atoms with Crippen LogP contribution in [0.5, 0.6) is 5.75 Å². The van der Waals surface area contributed by atoms with Crippen molar-refractivity contribution in [3.8, 4) is 5.75 Å². The molecule has 1 N–H and O–H groups in total. The van der Waals surface area contributed by atoms with Crippen LogP contribution in [0.4, 0.5) is 5.69 Å². The van der Waals surface area contributed by atoms with E-state index in [9.17, 15) is 9.59 Å². The number of nitrogens with one attached hydrogen (secondary N) is 1. The molecule has 2 aliphatic rings. The molecule has 1 unspecified atom stereocenters. The predicted octanol–water partition coefficient (Wildman–Crippen LogP) is 3.11. The van der Waals surface area contributed by atoms with Crippen molar-refractivity contribution >= 4 is 28.4 Å². The Morgan fingerprint density at radius 3 is 2.79 bits per heavy atom. The highest BCUT2D eigenvalue weighted by Gasteiger charge is 2.39. The van der Waals surface area contributed by atoms with Gasteiger partial charge in [0.05, 0.1) is 18.7 Å². The first kappa shape index (κ1) is 17.8. The summed E-state index contributed by atoms with van der Waals surface area (Å²) in [5.41, 5.74) is 4.26. The van der Waals surface area contributed by atoms with Crippen molar-refractivity contribution < 1.29 is 14.3 Å². The number of carbonyl (C=O) groups excluding carboxylic acids is 2. The number of methoxy groups -OCH3 is 1. The number of amides is 2. The first-order valence-electron chi connectivity index (χ1n) is 9.96. The van der Waals surface area contributed by atoms with Gasteiger partial charge >= 0.3 is 0 Å². The molecular weight excluding hydrogens is 366 g/mol. The summed E-state index contributed by atoms with van der Waals surface area (Å²) < 4.78 is 5.40. The fraction of sp³-hybridized carbons (Fsp3) is 0.304. The van der Waals surface area contributed by atoms with E-state index in [-0.39, 0.29) is 24.2 Å². The Kier molecular flexibility index (Phi) is 4.27. The summed E-state index contributed by atoms with van der Waals surface area (Å²) in [5.74, 6) is 0.360. The van der Waals surface area contributed by atoms with Crippen LogP contribution >= 0.6 is 0 Å². The summed E-state index contributed by atoms with van der Waals surface area (Å²) in [5, 5.41) is 1.18. The second-order valence-corrected chi connectivity index (χ2v) is 7.71. The van der Waals surface area contributed by atoms with E-state index in [1.807, 2.05) is 41.3 Å². The molecule has 0 spiro atoms. The Bertz CT molecular complexity index is 1100. The lowest BCUT2D eigenvalue weighted by molar-refractivity contribution is -0.136. The van der Waals surface area contributed by atoms with Crippen LogP contribution in [0.1, 0.15) is 17.7 Å². The third-order valence-corrected chi connectivity index (χ3v) is 6.04. The summed E-state index contributed by atoms with van der Waals surface area (Å²) in [4.78, 5) is 33.0. The highest BCUT2D eigenvalue weighted by Crippen LogP contribution is 2.34. The molecule has 0 radical (unpaired) electrons. The summed E-state index contributed by atoms with van der Waals surface area (Å²) in [6.45, 7) is 1.67. The molecule has 0 aliphatic carbocycles. The maximum atomic E-state index is 13.3. The second kappa shape index (κ2) is 6.95. The number of nitrogens with zero attached hydrogens (tertiary/aromatic N) is 2. The SMILES string of the molecule is COc1ccccc1N1CC(C(=O)N2CCc3[nH]c4ccccc4c3C2)CC1=O. The zero-order valence-electron chi connectivity index (χ0n) is 16.4. The van der Waals surface area contributed by atoms with Crippen LogP contribution in [0, 0.1) is 5.92 Å². The van der Waals surface area contributed by atoms with Gasteiger partial charge < -0.3 is 19.5 Å². The smallest absolute Gasteiger partial charge is 0.228 e. The fourth-order valence-electron chi connectivity index (χ4n) is 4.57. The van der Waals surface area contributed by atoms with Gasteiger partial charge in [0.1, 0.15) is 5.75 Å². The Balaban J connectivity index is 1.36. The highest BCUT2D eigenvalue weighted by atomic mass is 16.5. The molecule has 2 amide bonds. The van der Waals surface area contributed by atoms with E-state index in [2.05, 4.69) is 17.1 Å². The van der Waals surface area contributed by atoms with Crippen LogP contribution in [0.15, 0.2) is 48.5 Å². The van der Waals surface area contributed by atoms with Gasteiger partial charge in [-0.1, -0.05) is 30.3 Å². The van der Waals surface area contributed by atoms with Gasteiger partial charge in [-0.05, 0) is 18.2 Å². The van der Waals surface area contributed by atoms with Gasteiger partial charge in [-0.25, -0.2) is 0 Å². The molecule has 2 aromatic carbocycles. The van der Waals surface area contributed by atoms with E-state index in [0.717, 1.165) is 17.6 Å². The van der Waals surface area contributed by atoms with E-state index >= 15 is 0 Å². The number of hydrogen-bond acceptors (Lipinski definition) is 3. The van der Waals surface area contributed by atoms with Crippen molar-refractivity contribution in [2.24, 2.45) is 5.92 Å². The van der Waals surface area contributed by atoms with E-state index in [4.69, 9.17) is 4.74 Å². The minimum absolute atomic E-state index is 0.0300. The predicted molar refractivity (Wildman–Crippen MR) is 111 cm³/mol. The third-order valence-electron chi connectivity index (χ3n) is 6.04. The fourth-order valence-corrected chi connectivity index (χ4v) is 4.57. The van der Waals surface area contributed by atoms with Crippen molar-refractivity contribution in [3.63, 3.8) is 0 Å². The minimum Gasteiger partial charge on any atom is -0.495 e. The van der Waals surface area contributed by atoms with Gasteiger partial charge in [-0.2, -0.15) is 0 Å². The topological polar surface area (TPSA) is 65.6 Å². The number of ether oxygens (including phenoxy) is 1. The molecule has 1 fully saturated rings. The number of aromatic nitrogens is 1. The number of H-pyrrole nitrogens is 1. The number of carbonyl (C=O) groups is 2. The van der Waals surface area contributed by atoms with E-state index in [0.29, 0.717) is 25.4 Å². The molecule has 2 aliphatic heterocycles. The molecule has 6 heteroatoms. The van der Waals surface area contributed by atoms with Crippen molar-refractivity contribution in [1.29, 1.82) is 0 Å². The first-order chi connectivity index (χ1) is 14.2. The van der Waals surface area contributed by atoms with Crippen LogP contribution in [0.3, 0.4) is 0 Å². The van der Waals surface area contributed by atoms with Crippen molar-refractivity contribution in [3.05, 3.63) is 59.8 Å². The molecule has 3 aromatic rings. The van der Waals surface area contributed by atoms with E-state index in [1.165, 1.54) is 16.6 Å². The second-order valence-electron chi connectivity index (χ2n) is 7.71. The number of anilines is 1. The van der Waals surface area contributed by atoms with Crippen LogP contribution in [-0.4, -0.2) is 41.9 Å². The lowest BCUT2D eigenvalue weighted by atomic mass is 10.0. The molecule has 148 valence electrons. The van der Waals surface area contributed by atoms with Crippen LogP contribution < -0.4 is 9.64 Å². The summed E-state index contributed by atoms with van der Waals surface area (Å²) in [6.07, 6.45) is 1.06. The standard InChI is InChI=1S/C23H23N3O3/c1-29-21-9-5-4-8-20(21)26-13-15(12-22(26)27)23(28)25-11-10-19-17(14-25)16-6-2-3-7-18(16)24-19/h2-9,15,24H,10-14H2,1H3. The Morgan fingerprint density at radius 1 is 1.14 bits per heavy atom. The number of fused-ring (bicyclic) bond motifs is 3. The number of aromatic amines is 1. The lowest BCUT2D eigenvalue weighted by Crippen LogP contribution is -2.40. The normalized spacial score (nSPS) is 18.9. The van der Waals surface area contributed by atoms with Gasteiger partial charge in [0, 0.05) is 54.6 Å². The number of hydrogen-bond donors (Lipinski definition) is 1. The van der Waals surface area contributed by atoms with Crippen molar-refractivity contribution in [1.82, 2.24) is 9.88 Å². The van der Waals surface area contributed by atoms with E-state index < -0.39 is 0 Å². The average Bonchev–Trinajstić information content (AvgIpc) is 3.33. The minimum atomic E-state index is -0.320. The van der Waals surface area contributed by atoms with Gasteiger partial charge in [-0.3, -0.25) is 9.59 Å². The summed E-state index contributed by atoms with van der Waals surface area (Å²) in [6, 6.07) is 15.7. The molecule has 1 saturated heterocycles. The largest absolute Gasteiger partial charge is 0.495 e. The number of para-hydroxylation sites is 3. The molecule has 0 saturated carbocycles.